The van der Waals surface area contributed by atoms with Crippen molar-refractivity contribution in [2.75, 3.05) is 6.61 Å². The van der Waals surface area contributed by atoms with Gasteiger partial charge in [-0.3, -0.25) is 4.79 Å². The predicted molar refractivity (Wildman–Crippen MR) is 57.9 cm³/mol. The van der Waals surface area contributed by atoms with Crippen molar-refractivity contribution in [1.29, 1.82) is 0 Å². The van der Waals surface area contributed by atoms with E-state index in [0.29, 0.717) is 6.20 Å². The minimum atomic E-state index is -3.17. The van der Waals surface area contributed by atoms with Gasteiger partial charge in [-0.2, -0.15) is 0 Å². The lowest BCUT2D eigenvalue weighted by atomic mass is 10.1. The number of nitro groups is 1. The third-order valence-corrected chi connectivity index (χ3v) is 2.20. The molecule has 0 saturated heterocycles. The average Bonchev–Trinajstić information content (AvgIpc) is 2.28. The normalized spacial score (nSPS) is 10.5. The monoisotopic (exact) mass is 276 g/mol. The number of hydrogen-bond acceptors (Lipinski definition) is 6. The maximum Gasteiger partial charge on any atom is 0.367 e. The number of hydrogen-bond donors (Lipinski definition) is 1. The molecular weight excluding hydrogens is 266 g/mol. The highest BCUT2D eigenvalue weighted by Crippen LogP contribution is 2.35. The Labute approximate surface area is 106 Å². The summed E-state index contributed by atoms with van der Waals surface area (Å²) in [5.74, 6) is -2.72. The summed E-state index contributed by atoms with van der Waals surface area (Å²) >= 11 is 0. The molecule has 0 aliphatic rings. The van der Waals surface area contributed by atoms with Gasteiger partial charge in [-0.25, -0.2) is 8.78 Å². The first-order chi connectivity index (χ1) is 8.88. The number of alkyl halides is 2. The van der Waals surface area contributed by atoms with E-state index in [-0.39, 0.29) is 6.61 Å². The summed E-state index contributed by atoms with van der Waals surface area (Å²) in [6.07, 6.45) is -3.38. The summed E-state index contributed by atoms with van der Waals surface area (Å²) in [4.78, 5) is 24.2. The molecule has 9 heteroatoms. The molecule has 1 aromatic heterocycles. The number of carbonyl (C=O) groups is 1. The van der Waals surface area contributed by atoms with Gasteiger partial charge < -0.3 is 20.0 Å². The van der Waals surface area contributed by atoms with E-state index in [9.17, 15) is 28.8 Å². The van der Waals surface area contributed by atoms with Crippen molar-refractivity contribution < 1.29 is 28.3 Å². The first-order valence-electron chi connectivity index (χ1n) is 5.17. The van der Waals surface area contributed by atoms with Crippen molar-refractivity contribution in [2.24, 2.45) is 0 Å². The van der Waals surface area contributed by atoms with Crippen LogP contribution in [0.25, 0.3) is 0 Å². The molecule has 0 spiro atoms. The van der Waals surface area contributed by atoms with Crippen molar-refractivity contribution in [2.45, 2.75) is 19.8 Å². The summed E-state index contributed by atoms with van der Waals surface area (Å²) in [5, 5.41) is 20.0. The number of esters is 1. The van der Waals surface area contributed by atoms with Crippen molar-refractivity contribution in [3.8, 4) is 5.75 Å². The Morgan fingerprint density at radius 2 is 2.26 bits per heavy atom. The highest BCUT2D eigenvalue weighted by Gasteiger charge is 2.30. The van der Waals surface area contributed by atoms with E-state index >= 15 is 0 Å². The smallest absolute Gasteiger partial charge is 0.367 e. The first-order valence-corrected chi connectivity index (χ1v) is 5.17. The SMILES string of the molecule is CCOC(=O)Cc1c([N+](=O)[O-])ncc(O)c1C(F)F. The van der Waals surface area contributed by atoms with E-state index in [2.05, 4.69) is 9.72 Å². The van der Waals surface area contributed by atoms with Crippen LogP contribution in [0.3, 0.4) is 0 Å². The number of halogens is 2. The highest BCUT2D eigenvalue weighted by molar-refractivity contribution is 5.75. The second kappa shape index (κ2) is 6.03. The van der Waals surface area contributed by atoms with E-state index in [1.807, 2.05) is 0 Å². The highest BCUT2D eigenvalue weighted by atomic mass is 19.3. The van der Waals surface area contributed by atoms with Gasteiger partial charge in [0.05, 0.1) is 24.2 Å². The topological polar surface area (TPSA) is 103 Å². The first kappa shape index (κ1) is 14.7. The maximum absolute atomic E-state index is 12.8. The van der Waals surface area contributed by atoms with Crippen LogP contribution >= 0.6 is 0 Å². The second-order valence-electron chi connectivity index (χ2n) is 3.40. The number of pyridine rings is 1. The number of carbonyl (C=O) groups excluding carboxylic acids is 1. The molecule has 0 radical (unpaired) electrons. The van der Waals surface area contributed by atoms with Gasteiger partial charge in [0.1, 0.15) is 0 Å². The summed E-state index contributed by atoms with van der Waals surface area (Å²) in [7, 11) is 0. The zero-order chi connectivity index (χ0) is 14.6. The van der Waals surface area contributed by atoms with Crippen LogP contribution in [-0.4, -0.2) is 27.6 Å². The van der Waals surface area contributed by atoms with Gasteiger partial charge in [-0.05, 0) is 16.8 Å². The molecule has 1 N–H and O–H groups in total. The zero-order valence-corrected chi connectivity index (χ0v) is 9.80. The lowest BCUT2D eigenvalue weighted by molar-refractivity contribution is -0.390. The molecule has 0 unspecified atom stereocenters. The molecule has 0 atom stereocenters. The molecule has 0 saturated carbocycles. The van der Waals surface area contributed by atoms with Gasteiger partial charge in [0.2, 0.25) is 0 Å². The van der Waals surface area contributed by atoms with Crippen molar-refractivity contribution in [3.05, 3.63) is 27.4 Å². The van der Waals surface area contributed by atoms with Crippen LogP contribution in [0, 0.1) is 10.1 Å². The van der Waals surface area contributed by atoms with E-state index in [1.165, 1.54) is 6.92 Å². The maximum atomic E-state index is 12.8. The lowest BCUT2D eigenvalue weighted by Gasteiger charge is -2.09. The van der Waals surface area contributed by atoms with Gasteiger partial charge in [0.25, 0.3) is 6.43 Å². The Balaban J connectivity index is 3.33. The molecule has 0 aromatic carbocycles. The number of ether oxygens (including phenoxy) is 1. The minimum absolute atomic E-state index is 0.00286. The van der Waals surface area contributed by atoms with E-state index < -0.39 is 46.4 Å². The van der Waals surface area contributed by atoms with Gasteiger partial charge in [0.15, 0.2) is 11.9 Å². The second-order valence-corrected chi connectivity index (χ2v) is 3.40. The standard InChI is InChI=1S/C10H10F2N2O5/c1-2-19-7(16)3-5-8(9(11)12)6(15)4-13-10(5)14(17)18/h4,9,15H,2-3H2,1H3. The van der Waals surface area contributed by atoms with Crippen LogP contribution in [0.4, 0.5) is 14.6 Å². The molecule has 19 heavy (non-hydrogen) atoms. The quantitative estimate of drug-likeness (QED) is 0.499. The molecular formula is C10H10F2N2O5. The fourth-order valence-electron chi connectivity index (χ4n) is 1.48. The van der Waals surface area contributed by atoms with Gasteiger partial charge in [0, 0.05) is 0 Å². The number of aromatic nitrogens is 1. The minimum Gasteiger partial charge on any atom is -0.504 e. The zero-order valence-electron chi connectivity index (χ0n) is 9.80. The fraction of sp³-hybridized carbons (Fsp3) is 0.400. The molecule has 7 nitrogen and oxygen atoms in total. The van der Waals surface area contributed by atoms with Gasteiger partial charge >= 0.3 is 11.8 Å². The third kappa shape index (κ3) is 3.33. The molecule has 0 fully saturated rings. The van der Waals surface area contributed by atoms with Crippen LogP contribution < -0.4 is 0 Å². The van der Waals surface area contributed by atoms with Crippen LogP contribution in [0.1, 0.15) is 24.5 Å². The van der Waals surface area contributed by atoms with Crippen LogP contribution in [0.2, 0.25) is 0 Å². The summed E-state index contributed by atoms with van der Waals surface area (Å²) in [5.41, 5.74) is -1.62. The molecule has 0 bridgehead atoms. The third-order valence-electron chi connectivity index (χ3n) is 2.20. The number of nitrogens with zero attached hydrogens (tertiary/aromatic N) is 2. The van der Waals surface area contributed by atoms with Crippen molar-refractivity contribution >= 4 is 11.8 Å². The summed E-state index contributed by atoms with van der Waals surface area (Å²) < 4.78 is 30.2. The Kier molecular flexibility index (Phi) is 4.67. The molecule has 1 rings (SSSR count). The average molecular weight is 276 g/mol. The van der Waals surface area contributed by atoms with Gasteiger partial charge in [-0.1, -0.05) is 0 Å². The predicted octanol–water partition coefficient (Wildman–Crippen LogP) is 1.74. The van der Waals surface area contributed by atoms with Crippen LogP contribution in [0.15, 0.2) is 6.20 Å². The number of aromatic hydroxyl groups is 1. The molecule has 1 aromatic rings. The van der Waals surface area contributed by atoms with Crippen LogP contribution in [0.5, 0.6) is 5.75 Å². The Hall–Kier alpha value is -2.32. The summed E-state index contributed by atoms with van der Waals surface area (Å²) in [6, 6.07) is 0. The van der Waals surface area contributed by atoms with E-state index in [4.69, 9.17) is 0 Å². The lowest BCUT2D eigenvalue weighted by Crippen LogP contribution is -2.12. The fourth-order valence-corrected chi connectivity index (χ4v) is 1.48. The van der Waals surface area contributed by atoms with Crippen molar-refractivity contribution in [1.82, 2.24) is 4.98 Å². The Morgan fingerprint density at radius 3 is 2.74 bits per heavy atom. The molecule has 0 amide bonds. The number of rotatable bonds is 5. The largest absolute Gasteiger partial charge is 0.504 e. The van der Waals surface area contributed by atoms with Gasteiger partial charge in [-0.15, -0.1) is 0 Å². The van der Waals surface area contributed by atoms with Crippen molar-refractivity contribution in [3.63, 3.8) is 0 Å². The molecule has 0 aliphatic carbocycles. The summed E-state index contributed by atoms with van der Waals surface area (Å²) in [6.45, 7) is 1.50. The van der Waals surface area contributed by atoms with E-state index in [1.54, 1.807) is 0 Å². The molecule has 0 aliphatic heterocycles. The van der Waals surface area contributed by atoms with E-state index in [0.717, 1.165) is 0 Å². The Morgan fingerprint density at radius 1 is 1.63 bits per heavy atom. The molecule has 104 valence electrons. The Bertz CT molecular complexity index is 507. The molecule has 1 heterocycles. The van der Waals surface area contributed by atoms with Crippen LogP contribution in [-0.2, 0) is 16.0 Å².